The number of nitrogens with one attached hydrogen (secondary N) is 1. The fourth-order valence-electron chi connectivity index (χ4n) is 2.31. The Balaban J connectivity index is 0.00000220. The van der Waals surface area contributed by atoms with Gasteiger partial charge in [-0.25, -0.2) is 0 Å². The third kappa shape index (κ3) is 4.88. The first kappa shape index (κ1) is 17.8. The monoisotopic (exact) mass is 313 g/mol. The van der Waals surface area contributed by atoms with E-state index in [4.69, 9.17) is 10.5 Å². The number of hydrogen-bond acceptors (Lipinski definition) is 4. The maximum absolute atomic E-state index is 12.1. The Labute approximate surface area is 132 Å². The number of nitrogens with two attached hydrogens (primary N) is 1. The molecule has 6 heteroatoms. The number of carbonyl (C=O) groups excluding carboxylic acids is 1. The van der Waals surface area contributed by atoms with Crippen molar-refractivity contribution in [1.29, 1.82) is 0 Å². The summed E-state index contributed by atoms with van der Waals surface area (Å²) in [7, 11) is 0. The Morgan fingerprint density at radius 1 is 1.29 bits per heavy atom. The minimum atomic E-state index is -0.0761. The highest BCUT2D eigenvalue weighted by atomic mass is 35.5. The van der Waals surface area contributed by atoms with Crippen LogP contribution in [0.4, 0.5) is 5.69 Å². The second kappa shape index (κ2) is 7.64. The summed E-state index contributed by atoms with van der Waals surface area (Å²) in [5.74, 6) is -0.0636. The molecule has 0 aliphatic carbocycles. The lowest BCUT2D eigenvalue weighted by atomic mass is 10.0. The summed E-state index contributed by atoms with van der Waals surface area (Å²) in [6, 6.07) is 6.96. The molecule has 1 amide bonds. The molecule has 1 fully saturated rings. The number of anilines is 1. The van der Waals surface area contributed by atoms with Crippen molar-refractivity contribution >= 4 is 24.0 Å². The zero-order chi connectivity index (χ0) is 14.6. The van der Waals surface area contributed by atoms with Crippen LogP contribution >= 0.6 is 12.4 Å². The van der Waals surface area contributed by atoms with Crippen LogP contribution in [-0.2, 0) is 4.74 Å². The van der Waals surface area contributed by atoms with Gasteiger partial charge in [-0.15, -0.1) is 12.4 Å². The van der Waals surface area contributed by atoms with Crippen LogP contribution in [0.25, 0.3) is 0 Å². The number of ether oxygens (including phenoxy) is 1. The number of halogens is 1. The quantitative estimate of drug-likeness (QED) is 0.827. The number of hydrogen-bond donors (Lipinski definition) is 2. The average Bonchev–Trinajstić information content (AvgIpc) is 2.46. The zero-order valence-corrected chi connectivity index (χ0v) is 13.4. The molecule has 21 heavy (non-hydrogen) atoms. The lowest BCUT2D eigenvalue weighted by molar-refractivity contribution is -0.00923. The SMILES string of the molecule is CC(C)(CNC(=O)c1ccc(N)cc1)N1CCOCC1.Cl. The van der Waals surface area contributed by atoms with E-state index < -0.39 is 0 Å². The van der Waals surface area contributed by atoms with Crippen molar-refractivity contribution in [2.24, 2.45) is 0 Å². The highest BCUT2D eigenvalue weighted by Gasteiger charge is 2.28. The Bertz CT molecular complexity index is 456. The fourth-order valence-corrected chi connectivity index (χ4v) is 2.31. The van der Waals surface area contributed by atoms with Crippen LogP contribution in [0, 0.1) is 0 Å². The topological polar surface area (TPSA) is 67.6 Å². The molecule has 5 nitrogen and oxygen atoms in total. The third-order valence-corrected chi connectivity index (χ3v) is 3.72. The normalized spacial score (nSPS) is 16.1. The van der Waals surface area contributed by atoms with Crippen molar-refractivity contribution in [3.05, 3.63) is 29.8 Å². The summed E-state index contributed by atoms with van der Waals surface area (Å²) in [5, 5.41) is 2.99. The molecule has 0 unspecified atom stereocenters. The number of nitrogen functional groups attached to an aromatic ring is 1. The summed E-state index contributed by atoms with van der Waals surface area (Å²) >= 11 is 0. The molecule has 1 heterocycles. The van der Waals surface area contributed by atoms with Gasteiger partial charge < -0.3 is 15.8 Å². The number of rotatable bonds is 4. The van der Waals surface area contributed by atoms with E-state index in [1.54, 1.807) is 24.3 Å². The summed E-state index contributed by atoms with van der Waals surface area (Å²) in [4.78, 5) is 14.4. The van der Waals surface area contributed by atoms with Crippen molar-refractivity contribution in [2.45, 2.75) is 19.4 Å². The van der Waals surface area contributed by atoms with Gasteiger partial charge in [0.15, 0.2) is 0 Å². The average molecular weight is 314 g/mol. The van der Waals surface area contributed by atoms with Crippen molar-refractivity contribution in [2.75, 3.05) is 38.6 Å². The Morgan fingerprint density at radius 2 is 1.86 bits per heavy atom. The molecule has 0 bridgehead atoms. The van der Waals surface area contributed by atoms with Crippen LogP contribution in [0.3, 0.4) is 0 Å². The van der Waals surface area contributed by atoms with Crippen LogP contribution < -0.4 is 11.1 Å². The molecule has 0 atom stereocenters. The molecule has 2 rings (SSSR count). The molecule has 0 radical (unpaired) electrons. The van der Waals surface area contributed by atoms with Gasteiger partial charge in [-0.2, -0.15) is 0 Å². The standard InChI is InChI=1S/C15H23N3O2.ClH/c1-15(2,18-7-9-20-10-8-18)11-17-14(19)12-3-5-13(16)6-4-12;/h3-6H,7-11,16H2,1-2H3,(H,17,19);1H. The molecule has 118 valence electrons. The van der Waals surface area contributed by atoms with Gasteiger partial charge in [-0.3, -0.25) is 9.69 Å². The van der Waals surface area contributed by atoms with Crippen molar-refractivity contribution in [1.82, 2.24) is 10.2 Å². The smallest absolute Gasteiger partial charge is 0.251 e. The number of nitrogens with zero attached hydrogens (tertiary/aromatic N) is 1. The molecular weight excluding hydrogens is 290 g/mol. The van der Waals surface area contributed by atoms with Crippen LogP contribution in [-0.4, -0.2) is 49.2 Å². The minimum Gasteiger partial charge on any atom is -0.399 e. The summed E-state index contributed by atoms with van der Waals surface area (Å²) < 4.78 is 5.36. The zero-order valence-electron chi connectivity index (χ0n) is 12.6. The highest BCUT2D eigenvalue weighted by molar-refractivity contribution is 5.94. The first-order chi connectivity index (χ1) is 9.49. The second-order valence-electron chi connectivity index (χ2n) is 5.72. The molecule has 1 aromatic rings. The van der Waals surface area contributed by atoms with Crippen LogP contribution in [0.15, 0.2) is 24.3 Å². The number of carbonyl (C=O) groups is 1. The van der Waals surface area contributed by atoms with Gasteiger partial charge in [0.2, 0.25) is 0 Å². The summed E-state index contributed by atoms with van der Waals surface area (Å²) in [6.07, 6.45) is 0. The maximum atomic E-state index is 12.1. The molecule has 1 aromatic carbocycles. The van der Waals surface area contributed by atoms with Gasteiger partial charge in [-0.1, -0.05) is 0 Å². The van der Waals surface area contributed by atoms with Gasteiger partial charge in [0.05, 0.1) is 13.2 Å². The van der Waals surface area contributed by atoms with Gasteiger partial charge in [0, 0.05) is 36.4 Å². The van der Waals surface area contributed by atoms with E-state index >= 15 is 0 Å². The number of morpholine rings is 1. The predicted molar refractivity (Wildman–Crippen MR) is 86.9 cm³/mol. The molecule has 0 spiro atoms. The minimum absolute atomic E-state index is 0. The van der Waals surface area contributed by atoms with E-state index in [1.807, 2.05) is 0 Å². The Hall–Kier alpha value is -1.30. The van der Waals surface area contributed by atoms with Gasteiger partial charge >= 0.3 is 0 Å². The Morgan fingerprint density at radius 3 is 2.43 bits per heavy atom. The largest absolute Gasteiger partial charge is 0.399 e. The van der Waals surface area contributed by atoms with E-state index in [1.165, 1.54) is 0 Å². The van der Waals surface area contributed by atoms with E-state index in [-0.39, 0.29) is 23.9 Å². The van der Waals surface area contributed by atoms with Crippen LogP contribution in [0.5, 0.6) is 0 Å². The summed E-state index contributed by atoms with van der Waals surface area (Å²) in [6.45, 7) is 8.22. The van der Waals surface area contributed by atoms with Crippen molar-refractivity contribution in [3.8, 4) is 0 Å². The second-order valence-corrected chi connectivity index (χ2v) is 5.72. The Kier molecular flexibility index (Phi) is 6.45. The molecule has 0 saturated carbocycles. The lowest BCUT2D eigenvalue weighted by Crippen LogP contribution is -2.55. The van der Waals surface area contributed by atoms with E-state index in [2.05, 4.69) is 24.1 Å². The molecule has 1 saturated heterocycles. The molecule has 0 aromatic heterocycles. The lowest BCUT2D eigenvalue weighted by Gasteiger charge is -2.40. The fraction of sp³-hybridized carbons (Fsp3) is 0.533. The van der Waals surface area contributed by atoms with Crippen molar-refractivity contribution < 1.29 is 9.53 Å². The first-order valence-corrected chi connectivity index (χ1v) is 6.95. The molecule has 1 aliphatic heterocycles. The van der Waals surface area contributed by atoms with Gasteiger partial charge in [0.25, 0.3) is 5.91 Å². The maximum Gasteiger partial charge on any atom is 0.251 e. The number of amides is 1. The van der Waals surface area contributed by atoms with E-state index in [0.29, 0.717) is 17.8 Å². The van der Waals surface area contributed by atoms with Gasteiger partial charge in [-0.05, 0) is 38.1 Å². The first-order valence-electron chi connectivity index (χ1n) is 6.95. The molecule has 3 N–H and O–H groups in total. The molecule has 1 aliphatic rings. The van der Waals surface area contributed by atoms with E-state index in [9.17, 15) is 4.79 Å². The van der Waals surface area contributed by atoms with Crippen molar-refractivity contribution in [3.63, 3.8) is 0 Å². The molecular formula is C15H24ClN3O2. The highest BCUT2D eigenvalue weighted by Crippen LogP contribution is 2.15. The number of benzene rings is 1. The third-order valence-electron chi connectivity index (χ3n) is 3.72. The predicted octanol–water partition coefficient (Wildman–Crippen LogP) is 1.53. The van der Waals surface area contributed by atoms with Gasteiger partial charge in [0.1, 0.15) is 0 Å². The van der Waals surface area contributed by atoms with Crippen LogP contribution in [0.1, 0.15) is 24.2 Å². The van der Waals surface area contributed by atoms with E-state index in [0.717, 1.165) is 26.3 Å². The van der Waals surface area contributed by atoms with Crippen LogP contribution in [0.2, 0.25) is 0 Å². The summed E-state index contributed by atoms with van der Waals surface area (Å²) in [5.41, 5.74) is 6.84.